The Bertz CT molecular complexity index is 1250. The van der Waals surface area contributed by atoms with Crippen molar-refractivity contribution < 1.29 is 24.1 Å². The van der Waals surface area contributed by atoms with Gasteiger partial charge in [-0.25, -0.2) is 9.78 Å². The first-order chi connectivity index (χ1) is 14.1. The van der Waals surface area contributed by atoms with Crippen LogP contribution in [0.3, 0.4) is 0 Å². The minimum absolute atomic E-state index is 0.127. The zero-order valence-electron chi connectivity index (χ0n) is 15.9. The largest absolute Gasteiger partial charge is 0.458 e. The number of carbonyl (C=O) groups excluding carboxylic acids is 1. The fourth-order valence-electron chi connectivity index (χ4n) is 3.92. The Morgan fingerprint density at radius 3 is 2.62 bits per heavy atom. The summed E-state index contributed by atoms with van der Waals surface area (Å²) in [5.74, 6) is 0.560. The lowest BCUT2D eigenvalue weighted by Crippen LogP contribution is -2.32. The smallest absolute Gasteiger partial charge is 0.340 e. The predicted octanol–water partition coefficient (Wildman–Crippen LogP) is 2.27. The summed E-state index contributed by atoms with van der Waals surface area (Å²) in [5, 5.41) is 11.0. The van der Waals surface area contributed by atoms with Crippen LogP contribution in [-0.4, -0.2) is 27.4 Å². The first-order valence-corrected chi connectivity index (χ1v) is 9.45. The number of nitrogens with zero attached hydrogens (tertiary/aromatic N) is 2. The number of hydrogen-bond acceptors (Lipinski definition) is 7. The van der Waals surface area contributed by atoms with Crippen LogP contribution in [0, 0.1) is 0 Å². The number of pyridine rings is 2. The third-order valence-electron chi connectivity index (χ3n) is 5.27. The summed E-state index contributed by atoms with van der Waals surface area (Å²) in [6.45, 7) is 4.43. The highest BCUT2D eigenvalue weighted by molar-refractivity contribution is 5.87. The van der Waals surface area contributed by atoms with Crippen LogP contribution in [-0.2, 0) is 22.7 Å². The van der Waals surface area contributed by atoms with Gasteiger partial charge in [-0.3, -0.25) is 4.79 Å². The van der Waals surface area contributed by atoms with Gasteiger partial charge < -0.3 is 23.9 Å². The highest BCUT2D eigenvalue weighted by Crippen LogP contribution is 2.39. The Labute approximate surface area is 165 Å². The van der Waals surface area contributed by atoms with Gasteiger partial charge in [0, 0.05) is 22.6 Å². The summed E-state index contributed by atoms with van der Waals surface area (Å²) in [4.78, 5) is 29.3. The molecule has 29 heavy (non-hydrogen) atoms. The molecule has 0 spiro atoms. The first kappa shape index (κ1) is 17.7. The first-order valence-electron chi connectivity index (χ1n) is 9.45. The van der Waals surface area contributed by atoms with E-state index < -0.39 is 12.1 Å². The molecule has 2 aromatic heterocycles. The van der Waals surface area contributed by atoms with Crippen LogP contribution < -0.4 is 15.0 Å². The van der Waals surface area contributed by atoms with Gasteiger partial charge in [0.1, 0.15) is 6.61 Å². The van der Waals surface area contributed by atoms with Gasteiger partial charge in [0.25, 0.3) is 5.56 Å². The Hall–Kier alpha value is -3.39. The van der Waals surface area contributed by atoms with Crippen LogP contribution in [0.15, 0.2) is 29.1 Å². The molecule has 1 atom stereocenters. The van der Waals surface area contributed by atoms with Crippen molar-refractivity contribution >= 4 is 16.9 Å². The minimum atomic E-state index is -1.45. The number of cyclic esters (lactones) is 1. The summed E-state index contributed by atoms with van der Waals surface area (Å²) in [5.41, 5.74) is 3.19. The van der Waals surface area contributed by atoms with Gasteiger partial charge in [-0.15, -0.1) is 0 Å². The molecule has 8 heteroatoms. The second-order valence-electron chi connectivity index (χ2n) is 6.76. The van der Waals surface area contributed by atoms with Crippen molar-refractivity contribution in [1.82, 2.24) is 9.55 Å². The number of hydrogen-bond donors (Lipinski definition) is 1. The molecule has 0 saturated heterocycles. The Balaban J connectivity index is 0.000000882. The molecule has 6 rings (SSSR count). The Morgan fingerprint density at radius 1 is 1.07 bits per heavy atom. The number of aliphatic hydroxyl groups is 1. The summed E-state index contributed by atoms with van der Waals surface area (Å²) in [6.07, 6.45) is -1.45. The quantitative estimate of drug-likeness (QED) is 0.457. The van der Waals surface area contributed by atoms with Crippen molar-refractivity contribution in [3.8, 4) is 22.9 Å². The van der Waals surface area contributed by atoms with E-state index in [-0.39, 0.29) is 19.0 Å². The molecule has 1 unspecified atom stereocenters. The molecule has 0 radical (unpaired) electrons. The number of rotatable bonds is 0. The number of carbonyl (C=O) groups is 1. The third-order valence-corrected chi connectivity index (χ3v) is 5.27. The SMILES string of the molecule is CC.O=C1OCc2c(cc3n(c2=O)Cc2cc4cc5c(cc4nc2-3)OCO5)C1O. The average molecular weight is 394 g/mol. The molecule has 0 bridgehead atoms. The fraction of sp³-hybridized carbons (Fsp3) is 0.286. The van der Waals surface area contributed by atoms with E-state index in [9.17, 15) is 14.7 Å². The highest BCUT2D eigenvalue weighted by Gasteiger charge is 2.33. The van der Waals surface area contributed by atoms with Crippen LogP contribution in [0.25, 0.3) is 22.3 Å². The van der Waals surface area contributed by atoms with Crippen molar-refractivity contribution in [3.05, 3.63) is 51.3 Å². The lowest BCUT2D eigenvalue weighted by atomic mass is 10.0. The molecule has 5 heterocycles. The number of ether oxygens (including phenoxy) is 3. The zero-order chi connectivity index (χ0) is 20.3. The maximum absolute atomic E-state index is 12.9. The summed E-state index contributed by atoms with van der Waals surface area (Å²) >= 11 is 0. The molecule has 1 aromatic carbocycles. The number of esters is 1. The molecule has 148 valence electrons. The molecular formula is C21H18N2O6. The van der Waals surface area contributed by atoms with Crippen LogP contribution in [0.5, 0.6) is 11.5 Å². The van der Waals surface area contributed by atoms with Gasteiger partial charge in [0.15, 0.2) is 17.6 Å². The number of benzene rings is 1. The van der Waals surface area contributed by atoms with Gasteiger partial charge in [-0.2, -0.15) is 0 Å². The molecular weight excluding hydrogens is 376 g/mol. The van der Waals surface area contributed by atoms with E-state index in [0.717, 1.165) is 16.5 Å². The van der Waals surface area contributed by atoms with Gasteiger partial charge in [0.2, 0.25) is 6.79 Å². The maximum Gasteiger partial charge on any atom is 0.340 e. The van der Waals surface area contributed by atoms with Gasteiger partial charge in [-0.1, -0.05) is 13.8 Å². The molecule has 0 aliphatic carbocycles. The van der Waals surface area contributed by atoms with Crippen molar-refractivity contribution in [2.45, 2.75) is 33.1 Å². The summed E-state index contributed by atoms with van der Waals surface area (Å²) < 4.78 is 17.3. The van der Waals surface area contributed by atoms with E-state index in [1.165, 1.54) is 0 Å². The monoisotopic (exact) mass is 394 g/mol. The summed E-state index contributed by atoms with van der Waals surface area (Å²) in [6, 6.07) is 7.32. The van der Waals surface area contributed by atoms with Crippen molar-refractivity contribution in [1.29, 1.82) is 0 Å². The zero-order valence-corrected chi connectivity index (χ0v) is 15.9. The Morgan fingerprint density at radius 2 is 1.83 bits per heavy atom. The van der Waals surface area contributed by atoms with E-state index in [2.05, 4.69) is 0 Å². The second-order valence-corrected chi connectivity index (χ2v) is 6.76. The average Bonchev–Trinajstić information content (AvgIpc) is 3.33. The summed E-state index contributed by atoms with van der Waals surface area (Å²) in [7, 11) is 0. The molecule has 1 N–H and O–H groups in total. The van der Waals surface area contributed by atoms with E-state index in [1.54, 1.807) is 10.6 Å². The lowest BCUT2D eigenvalue weighted by molar-refractivity contribution is -0.157. The number of aromatic nitrogens is 2. The van der Waals surface area contributed by atoms with Gasteiger partial charge in [0.05, 0.1) is 29.0 Å². The maximum atomic E-state index is 12.9. The third kappa shape index (κ3) is 2.45. The fourth-order valence-corrected chi connectivity index (χ4v) is 3.92. The number of fused-ring (bicyclic) bond motifs is 6. The van der Waals surface area contributed by atoms with E-state index >= 15 is 0 Å². The van der Waals surface area contributed by atoms with Gasteiger partial charge in [-0.05, 0) is 18.2 Å². The van der Waals surface area contributed by atoms with Crippen molar-refractivity contribution in [3.63, 3.8) is 0 Å². The van der Waals surface area contributed by atoms with Crippen molar-refractivity contribution in [2.75, 3.05) is 6.79 Å². The highest BCUT2D eigenvalue weighted by atomic mass is 16.7. The Kier molecular flexibility index (Phi) is 3.85. The second kappa shape index (κ2) is 6.31. The molecule has 0 saturated carbocycles. The number of aliphatic hydroxyl groups excluding tert-OH is 1. The van der Waals surface area contributed by atoms with Crippen LogP contribution in [0.4, 0.5) is 0 Å². The van der Waals surface area contributed by atoms with E-state index in [0.29, 0.717) is 40.6 Å². The van der Waals surface area contributed by atoms with Crippen LogP contribution in [0.1, 0.15) is 36.6 Å². The van der Waals surface area contributed by atoms with Crippen LogP contribution in [0.2, 0.25) is 0 Å². The minimum Gasteiger partial charge on any atom is -0.458 e. The molecule has 8 nitrogen and oxygen atoms in total. The standard InChI is InChI=1S/C19H12N2O6.C2H6/c22-17-10-3-13-16-9(5-21(13)18(23)11(10)6-25-19(17)24)1-8-2-14-15(27-7-26-14)4-12(8)20-16;1-2/h1-4,17,22H,5-7H2;1-2H3. The lowest BCUT2D eigenvalue weighted by Gasteiger charge is -2.21. The van der Waals surface area contributed by atoms with Crippen LogP contribution >= 0.6 is 0 Å². The molecule has 3 aliphatic rings. The normalized spacial score (nSPS) is 17.8. The molecule has 0 amide bonds. The van der Waals surface area contributed by atoms with E-state index in [4.69, 9.17) is 19.2 Å². The molecule has 3 aromatic rings. The molecule has 3 aliphatic heterocycles. The van der Waals surface area contributed by atoms with E-state index in [1.807, 2.05) is 32.0 Å². The van der Waals surface area contributed by atoms with Crippen molar-refractivity contribution in [2.24, 2.45) is 0 Å². The molecule has 0 fully saturated rings. The van der Waals surface area contributed by atoms with Gasteiger partial charge >= 0.3 is 5.97 Å². The predicted molar refractivity (Wildman–Crippen MR) is 103 cm³/mol. The topological polar surface area (TPSA) is 99.9 Å².